The van der Waals surface area contributed by atoms with Crippen LogP contribution >= 0.6 is 0 Å². The van der Waals surface area contributed by atoms with Gasteiger partial charge in [-0.15, -0.1) is 0 Å². The van der Waals surface area contributed by atoms with Crippen LogP contribution in [0.2, 0.25) is 0 Å². The fourth-order valence-electron chi connectivity index (χ4n) is 7.82. The Hall–Kier alpha value is -0.590. The van der Waals surface area contributed by atoms with E-state index in [2.05, 4.69) is 27.7 Å². The van der Waals surface area contributed by atoms with Gasteiger partial charge in [0.25, 0.3) is 0 Å². The minimum absolute atomic E-state index is 0.0235. The van der Waals surface area contributed by atoms with Crippen LogP contribution in [-0.2, 0) is 4.79 Å². The first-order valence-corrected chi connectivity index (χ1v) is 11.9. The van der Waals surface area contributed by atoms with Gasteiger partial charge >= 0.3 is 0 Å². The van der Waals surface area contributed by atoms with Gasteiger partial charge in [-0.2, -0.15) is 0 Å². The number of ketones is 1. The van der Waals surface area contributed by atoms with Crippen molar-refractivity contribution in [3.05, 3.63) is 11.6 Å². The second-order valence-corrected chi connectivity index (χ2v) is 11.4. The molecule has 1 heteroatoms. The van der Waals surface area contributed by atoms with Crippen LogP contribution in [-0.4, -0.2) is 5.78 Å². The average molecular weight is 390 g/mol. The van der Waals surface area contributed by atoms with Gasteiger partial charge in [0.05, 0.1) is 1.37 Å². The minimum Gasteiger partial charge on any atom is -0.295 e. The number of carbonyl (C=O) groups is 1. The van der Waals surface area contributed by atoms with E-state index in [1.807, 2.05) is 6.92 Å². The standard InChI is InChI=1S/C27H44O/c1-18(2)7-6-8-19(3)23-11-12-24-22-10-9-20-17-21(28)13-15-26(20,4)25(22)14-16-27(23,24)5/h17-19,22-25H,6-16H2,1-5H3/t19-,22+,23-,24+,25+,26+,27-/m1/s1/i9D2,13D2,17D. The summed E-state index contributed by atoms with van der Waals surface area (Å²) >= 11 is 0. The Morgan fingerprint density at radius 1 is 1.07 bits per heavy atom. The first kappa shape index (κ1) is 15.2. The normalized spacial score (nSPS) is 50.5. The van der Waals surface area contributed by atoms with Crippen molar-refractivity contribution in [3.63, 3.8) is 0 Å². The second-order valence-electron chi connectivity index (χ2n) is 11.4. The molecule has 1 nitrogen and oxygen atoms in total. The summed E-state index contributed by atoms with van der Waals surface area (Å²) in [6.45, 7) is 11.5. The Kier molecular flexibility index (Phi) is 4.13. The van der Waals surface area contributed by atoms with Crippen molar-refractivity contribution < 1.29 is 11.6 Å². The van der Waals surface area contributed by atoms with Crippen molar-refractivity contribution in [2.75, 3.05) is 0 Å². The molecule has 0 amide bonds. The molecule has 4 aliphatic rings. The summed E-state index contributed by atoms with van der Waals surface area (Å²) in [6.07, 6.45) is 4.89. The van der Waals surface area contributed by atoms with Crippen molar-refractivity contribution in [2.24, 2.45) is 46.3 Å². The lowest BCUT2D eigenvalue weighted by Crippen LogP contribution is -2.50. The third-order valence-electron chi connectivity index (χ3n) is 9.40. The Morgan fingerprint density at radius 3 is 2.61 bits per heavy atom. The molecular weight excluding hydrogens is 340 g/mol. The number of hydrogen-bond acceptors (Lipinski definition) is 1. The van der Waals surface area contributed by atoms with E-state index in [-0.39, 0.29) is 29.7 Å². The highest BCUT2D eigenvalue weighted by molar-refractivity contribution is 5.91. The van der Waals surface area contributed by atoms with Crippen LogP contribution in [0.4, 0.5) is 0 Å². The van der Waals surface area contributed by atoms with Crippen molar-refractivity contribution in [3.8, 4) is 0 Å². The van der Waals surface area contributed by atoms with Crippen molar-refractivity contribution in [1.29, 1.82) is 0 Å². The molecule has 0 aliphatic heterocycles. The summed E-state index contributed by atoms with van der Waals surface area (Å²) in [5, 5.41) is 0. The molecule has 0 unspecified atom stereocenters. The monoisotopic (exact) mass is 389 g/mol. The zero-order chi connectivity index (χ0) is 24.6. The highest BCUT2D eigenvalue weighted by atomic mass is 16.1. The lowest BCUT2D eigenvalue weighted by Gasteiger charge is -2.58. The summed E-state index contributed by atoms with van der Waals surface area (Å²) < 4.78 is 43.1. The number of carbonyl (C=O) groups excluding carboxylic acids is 1. The van der Waals surface area contributed by atoms with Gasteiger partial charge in [0, 0.05) is 11.9 Å². The third kappa shape index (κ3) is 3.33. The van der Waals surface area contributed by atoms with Gasteiger partial charge < -0.3 is 0 Å². The average Bonchev–Trinajstić information content (AvgIpc) is 3.02. The number of allylic oxidation sites excluding steroid dienone is 1. The lowest BCUT2D eigenvalue weighted by atomic mass is 9.46. The largest absolute Gasteiger partial charge is 0.295 e. The molecule has 0 radical (unpaired) electrons. The topological polar surface area (TPSA) is 17.1 Å². The van der Waals surface area contributed by atoms with Crippen molar-refractivity contribution >= 4 is 5.78 Å². The highest BCUT2D eigenvalue weighted by Gasteiger charge is 2.59. The van der Waals surface area contributed by atoms with Crippen molar-refractivity contribution in [1.82, 2.24) is 0 Å². The molecule has 0 N–H and O–H groups in total. The molecule has 0 aromatic heterocycles. The summed E-state index contributed by atoms with van der Waals surface area (Å²) in [6, 6.07) is -0.381. The number of hydrogen-bond donors (Lipinski definition) is 0. The Morgan fingerprint density at radius 2 is 1.86 bits per heavy atom. The van der Waals surface area contributed by atoms with E-state index in [9.17, 15) is 4.79 Å². The molecule has 3 fully saturated rings. The van der Waals surface area contributed by atoms with E-state index in [0.29, 0.717) is 29.7 Å². The fourth-order valence-corrected chi connectivity index (χ4v) is 7.82. The van der Waals surface area contributed by atoms with E-state index in [1.54, 1.807) is 0 Å². The molecule has 4 rings (SSSR count). The Balaban J connectivity index is 1.64. The molecule has 0 bridgehead atoms. The first-order valence-electron chi connectivity index (χ1n) is 14.4. The molecule has 0 saturated heterocycles. The van der Waals surface area contributed by atoms with Crippen LogP contribution in [0.1, 0.15) is 112 Å². The fraction of sp³-hybridized carbons (Fsp3) is 0.889. The van der Waals surface area contributed by atoms with Crippen LogP contribution in [0.3, 0.4) is 0 Å². The van der Waals surface area contributed by atoms with Gasteiger partial charge in [0.2, 0.25) is 0 Å². The van der Waals surface area contributed by atoms with Gasteiger partial charge in [-0.05, 0) is 97.3 Å². The molecule has 7 atom stereocenters. The van der Waals surface area contributed by atoms with Crippen LogP contribution in [0.25, 0.3) is 0 Å². The highest BCUT2D eigenvalue weighted by Crippen LogP contribution is 2.67. The van der Waals surface area contributed by atoms with Crippen LogP contribution in [0.5, 0.6) is 0 Å². The van der Waals surface area contributed by atoms with Crippen LogP contribution in [0, 0.1) is 46.3 Å². The molecule has 0 heterocycles. The summed E-state index contributed by atoms with van der Waals surface area (Å²) in [5.74, 6) is 2.11. The maximum Gasteiger partial charge on any atom is 0.155 e. The Bertz CT molecular complexity index is 832. The molecule has 0 aromatic carbocycles. The predicted molar refractivity (Wildman–Crippen MR) is 118 cm³/mol. The lowest BCUT2D eigenvalue weighted by molar-refractivity contribution is -0.117. The second kappa shape index (κ2) is 7.59. The van der Waals surface area contributed by atoms with Crippen LogP contribution in [0.15, 0.2) is 11.6 Å². The SMILES string of the molecule is [2H]C1=C2C([2H])([2H])C[C@H]3[C@@H]4CC[C@H]([C@H](C)CCCC(C)C)[C@@]4(C)CC[C@@H]3[C@@]2(C)CC([2H])([2H])C1=O. The summed E-state index contributed by atoms with van der Waals surface area (Å²) in [5.41, 5.74) is -0.223. The molecular formula is C27H44O. The van der Waals surface area contributed by atoms with Gasteiger partial charge in [0.1, 0.15) is 0 Å². The van der Waals surface area contributed by atoms with Crippen LogP contribution < -0.4 is 0 Å². The van der Waals surface area contributed by atoms with E-state index >= 15 is 0 Å². The van der Waals surface area contributed by atoms with E-state index in [4.69, 9.17) is 6.85 Å². The first-order chi connectivity index (χ1) is 15.1. The van der Waals surface area contributed by atoms with E-state index < -0.39 is 23.9 Å². The molecule has 0 aromatic rings. The number of fused-ring (bicyclic) bond motifs is 5. The van der Waals surface area contributed by atoms with Gasteiger partial charge in [0.15, 0.2) is 5.78 Å². The molecule has 158 valence electrons. The van der Waals surface area contributed by atoms with Gasteiger partial charge in [-0.25, -0.2) is 0 Å². The minimum atomic E-state index is -2.07. The molecule has 4 aliphatic carbocycles. The van der Waals surface area contributed by atoms with E-state index in [0.717, 1.165) is 25.2 Å². The third-order valence-corrected chi connectivity index (χ3v) is 9.40. The smallest absolute Gasteiger partial charge is 0.155 e. The molecule has 28 heavy (non-hydrogen) atoms. The van der Waals surface area contributed by atoms with E-state index in [1.165, 1.54) is 25.7 Å². The van der Waals surface area contributed by atoms with Gasteiger partial charge in [-0.1, -0.05) is 59.5 Å². The number of rotatable bonds is 5. The maximum absolute atomic E-state index is 12.6. The summed E-state index contributed by atoms with van der Waals surface area (Å²) in [4.78, 5) is 12.6. The zero-order valence-electron chi connectivity index (χ0n) is 23.7. The maximum atomic E-state index is 12.6. The van der Waals surface area contributed by atoms with Crippen molar-refractivity contribution in [2.45, 2.75) is 105 Å². The molecule has 0 spiro atoms. The predicted octanol–water partition coefficient (Wildman–Crippen LogP) is 7.60. The zero-order valence-corrected chi connectivity index (χ0v) is 18.7. The quantitative estimate of drug-likeness (QED) is 0.473. The summed E-state index contributed by atoms with van der Waals surface area (Å²) in [7, 11) is 0. The van der Waals surface area contributed by atoms with Gasteiger partial charge in [-0.3, -0.25) is 4.79 Å². The Labute approximate surface area is 181 Å². The molecule has 3 saturated carbocycles.